The molecule has 0 aromatic rings. The van der Waals surface area contributed by atoms with Gasteiger partial charge in [0.15, 0.2) is 0 Å². The van der Waals surface area contributed by atoms with E-state index in [4.69, 9.17) is 5.73 Å². The van der Waals surface area contributed by atoms with Crippen LogP contribution in [0.4, 0.5) is 0 Å². The molecule has 0 unspecified atom stereocenters. The summed E-state index contributed by atoms with van der Waals surface area (Å²) in [5.41, 5.74) is 5.47. The molecular weight excluding hydrogens is 207 g/mol. The molecule has 0 aliphatic heterocycles. The molecule has 0 amide bonds. The van der Waals surface area contributed by atoms with Gasteiger partial charge in [0.1, 0.15) is 0 Å². The molecule has 0 bridgehead atoms. The number of halogens is 2. The van der Waals surface area contributed by atoms with Gasteiger partial charge in [0, 0.05) is 12.1 Å². The van der Waals surface area contributed by atoms with Crippen LogP contribution >= 0.6 is 24.8 Å². The third kappa shape index (κ3) is 5.74. The molecule has 2 N–H and O–H groups in total. The minimum atomic E-state index is 0. The van der Waals surface area contributed by atoms with Crippen molar-refractivity contribution in [2.45, 2.75) is 45.2 Å². The van der Waals surface area contributed by atoms with Crippen LogP contribution in [-0.4, -0.2) is 30.1 Å². The van der Waals surface area contributed by atoms with Gasteiger partial charge in [-0.3, -0.25) is 4.90 Å². The zero-order valence-electron chi connectivity index (χ0n) is 8.53. The molecule has 82 valence electrons. The van der Waals surface area contributed by atoms with Gasteiger partial charge >= 0.3 is 0 Å². The molecular formula is C9H22Cl2N2. The Morgan fingerprint density at radius 3 is 2.15 bits per heavy atom. The van der Waals surface area contributed by atoms with Crippen LogP contribution in [0, 0.1) is 0 Å². The summed E-state index contributed by atoms with van der Waals surface area (Å²) >= 11 is 0. The van der Waals surface area contributed by atoms with E-state index in [0.29, 0.717) is 6.04 Å². The second kappa shape index (κ2) is 7.86. The van der Waals surface area contributed by atoms with Crippen LogP contribution < -0.4 is 5.73 Å². The highest BCUT2D eigenvalue weighted by Gasteiger charge is 2.29. The summed E-state index contributed by atoms with van der Waals surface area (Å²) in [6, 6.07) is 1.59. The van der Waals surface area contributed by atoms with E-state index in [0.717, 1.165) is 19.0 Å². The molecule has 0 aromatic carbocycles. The third-order valence-corrected chi connectivity index (χ3v) is 2.30. The van der Waals surface area contributed by atoms with E-state index in [-0.39, 0.29) is 24.8 Å². The van der Waals surface area contributed by atoms with Crippen molar-refractivity contribution in [3.63, 3.8) is 0 Å². The Morgan fingerprint density at radius 2 is 1.85 bits per heavy atom. The Morgan fingerprint density at radius 1 is 1.31 bits per heavy atom. The zero-order valence-corrected chi connectivity index (χ0v) is 10.2. The lowest BCUT2D eigenvalue weighted by Gasteiger charge is -2.25. The van der Waals surface area contributed by atoms with E-state index in [1.807, 2.05) is 0 Å². The van der Waals surface area contributed by atoms with Crippen molar-refractivity contribution in [3.05, 3.63) is 0 Å². The number of hydrogen-bond donors (Lipinski definition) is 1. The number of rotatable bonds is 5. The molecule has 0 atom stereocenters. The molecule has 0 radical (unpaired) electrons. The van der Waals surface area contributed by atoms with E-state index >= 15 is 0 Å². The van der Waals surface area contributed by atoms with Crippen LogP contribution in [0.2, 0.25) is 0 Å². The highest BCUT2D eigenvalue weighted by molar-refractivity contribution is 5.85. The van der Waals surface area contributed by atoms with E-state index in [1.165, 1.54) is 19.4 Å². The molecule has 1 aliphatic carbocycles. The largest absolute Gasteiger partial charge is 0.330 e. The molecule has 0 heterocycles. The van der Waals surface area contributed by atoms with Crippen LogP contribution in [0.15, 0.2) is 0 Å². The van der Waals surface area contributed by atoms with Gasteiger partial charge in [0.05, 0.1) is 0 Å². The van der Waals surface area contributed by atoms with Crippen LogP contribution in [0.25, 0.3) is 0 Å². The van der Waals surface area contributed by atoms with Gasteiger partial charge in [-0.05, 0) is 46.2 Å². The number of nitrogens with two attached hydrogens (primary N) is 1. The molecule has 4 heteroatoms. The van der Waals surface area contributed by atoms with Gasteiger partial charge in [-0.15, -0.1) is 24.8 Å². The van der Waals surface area contributed by atoms with E-state index < -0.39 is 0 Å². The quantitative estimate of drug-likeness (QED) is 0.781. The number of nitrogens with zero attached hydrogens (tertiary/aromatic N) is 1. The van der Waals surface area contributed by atoms with Crippen molar-refractivity contribution < 1.29 is 0 Å². The standard InChI is InChI=1S/C9H20N2.2ClH/c1-8(2)11(7-3-6-10)9-4-5-9;;/h8-9H,3-7,10H2,1-2H3;2*1H. The van der Waals surface area contributed by atoms with Gasteiger partial charge in [-0.2, -0.15) is 0 Å². The lowest BCUT2D eigenvalue weighted by atomic mass is 10.3. The van der Waals surface area contributed by atoms with Crippen molar-refractivity contribution in [1.29, 1.82) is 0 Å². The maximum atomic E-state index is 5.47. The zero-order chi connectivity index (χ0) is 8.27. The second-order valence-electron chi connectivity index (χ2n) is 3.70. The average Bonchev–Trinajstić information content (AvgIpc) is 2.71. The summed E-state index contributed by atoms with van der Waals surface area (Å²) in [7, 11) is 0. The maximum absolute atomic E-state index is 5.47. The summed E-state index contributed by atoms with van der Waals surface area (Å²) in [4.78, 5) is 2.58. The minimum Gasteiger partial charge on any atom is -0.330 e. The highest BCUT2D eigenvalue weighted by Crippen LogP contribution is 2.28. The Labute approximate surface area is 94.1 Å². The van der Waals surface area contributed by atoms with Gasteiger partial charge in [-0.1, -0.05) is 0 Å². The fraction of sp³-hybridized carbons (Fsp3) is 1.00. The summed E-state index contributed by atoms with van der Waals surface area (Å²) in [5, 5.41) is 0. The van der Waals surface area contributed by atoms with Crippen LogP contribution in [0.3, 0.4) is 0 Å². The van der Waals surface area contributed by atoms with Crippen molar-refractivity contribution in [1.82, 2.24) is 4.90 Å². The first kappa shape index (κ1) is 15.9. The van der Waals surface area contributed by atoms with Gasteiger partial charge < -0.3 is 5.73 Å². The van der Waals surface area contributed by atoms with E-state index in [9.17, 15) is 0 Å². The van der Waals surface area contributed by atoms with E-state index in [1.54, 1.807) is 0 Å². The average molecular weight is 229 g/mol. The second-order valence-corrected chi connectivity index (χ2v) is 3.70. The smallest absolute Gasteiger partial charge is 0.00991 e. The lowest BCUT2D eigenvalue weighted by molar-refractivity contribution is 0.210. The number of hydrogen-bond acceptors (Lipinski definition) is 2. The summed E-state index contributed by atoms with van der Waals surface area (Å²) < 4.78 is 0. The molecule has 0 spiro atoms. The Bertz CT molecular complexity index is 114. The minimum absolute atomic E-state index is 0. The van der Waals surface area contributed by atoms with Gasteiger partial charge in [0.25, 0.3) is 0 Å². The molecule has 0 aromatic heterocycles. The molecule has 2 nitrogen and oxygen atoms in total. The van der Waals surface area contributed by atoms with Gasteiger partial charge in [-0.25, -0.2) is 0 Å². The van der Waals surface area contributed by atoms with Crippen LogP contribution in [-0.2, 0) is 0 Å². The van der Waals surface area contributed by atoms with Gasteiger partial charge in [0.2, 0.25) is 0 Å². The van der Waals surface area contributed by atoms with Crippen LogP contribution in [0.5, 0.6) is 0 Å². The van der Waals surface area contributed by atoms with Crippen molar-refractivity contribution in [2.24, 2.45) is 5.73 Å². The Hall–Kier alpha value is 0.500. The Balaban J connectivity index is 0. The normalized spacial score (nSPS) is 15.5. The lowest BCUT2D eigenvalue weighted by Crippen LogP contribution is -2.34. The molecule has 1 rings (SSSR count). The first-order valence-electron chi connectivity index (χ1n) is 4.71. The summed E-state index contributed by atoms with van der Waals surface area (Å²) in [6.07, 6.45) is 3.96. The topological polar surface area (TPSA) is 29.3 Å². The predicted molar refractivity (Wildman–Crippen MR) is 63.0 cm³/mol. The van der Waals surface area contributed by atoms with Crippen molar-refractivity contribution in [2.75, 3.05) is 13.1 Å². The monoisotopic (exact) mass is 228 g/mol. The molecule has 1 fully saturated rings. The maximum Gasteiger partial charge on any atom is 0.00991 e. The SMILES string of the molecule is CC(C)N(CCCN)C1CC1.Cl.Cl. The van der Waals surface area contributed by atoms with Crippen molar-refractivity contribution >= 4 is 24.8 Å². The third-order valence-electron chi connectivity index (χ3n) is 2.30. The van der Waals surface area contributed by atoms with E-state index in [2.05, 4.69) is 18.7 Å². The summed E-state index contributed by atoms with van der Waals surface area (Å²) in [6.45, 7) is 6.57. The highest BCUT2D eigenvalue weighted by atomic mass is 35.5. The first-order valence-corrected chi connectivity index (χ1v) is 4.71. The molecule has 1 saturated carbocycles. The fourth-order valence-corrected chi connectivity index (χ4v) is 1.54. The molecule has 0 saturated heterocycles. The molecule has 1 aliphatic rings. The predicted octanol–water partition coefficient (Wildman–Crippen LogP) is 2.05. The van der Waals surface area contributed by atoms with Crippen LogP contribution in [0.1, 0.15) is 33.1 Å². The molecule has 13 heavy (non-hydrogen) atoms. The fourth-order valence-electron chi connectivity index (χ4n) is 1.54. The Kier molecular flexibility index (Phi) is 9.65. The van der Waals surface area contributed by atoms with Crippen molar-refractivity contribution in [3.8, 4) is 0 Å². The first-order chi connectivity index (χ1) is 5.25. The summed E-state index contributed by atoms with van der Waals surface area (Å²) in [5.74, 6) is 0.